The van der Waals surface area contributed by atoms with Crippen LogP contribution in [0.1, 0.15) is 27.2 Å². The molecule has 0 saturated carbocycles. The number of rotatable bonds is 1. The van der Waals surface area contributed by atoms with E-state index in [1.54, 1.807) is 12.0 Å². The predicted molar refractivity (Wildman–Crippen MR) is 61.9 cm³/mol. The molecule has 5 nitrogen and oxygen atoms in total. The average molecular weight is 243 g/mol. The van der Waals surface area contributed by atoms with Crippen molar-refractivity contribution in [3.63, 3.8) is 0 Å². The highest BCUT2D eigenvalue weighted by atomic mass is 16.6. The summed E-state index contributed by atoms with van der Waals surface area (Å²) in [6.07, 6.45) is 0.770. The molecule has 2 rings (SSSR count). The van der Waals surface area contributed by atoms with E-state index in [0.717, 1.165) is 6.42 Å². The van der Waals surface area contributed by atoms with Crippen molar-refractivity contribution >= 4 is 6.09 Å². The van der Waals surface area contributed by atoms with Gasteiger partial charge in [-0.1, -0.05) is 0 Å². The summed E-state index contributed by atoms with van der Waals surface area (Å²) in [5.41, 5.74) is -0.622. The number of methoxy groups -OCH3 is 1. The van der Waals surface area contributed by atoms with Crippen LogP contribution < -0.4 is 0 Å². The molecule has 98 valence electrons. The number of ether oxygens (including phenoxy) is 3. The van der Waals surface area contributed by atoms with Gasteiger partial charge in [-0.2, -0.15) is 0 Å². The Morgan fingerprint density at radius 3 is 2.53 bits per heavy atom. The molecule has 2 fully saturated rings. The second kappa shape index (κ2) is 4.14. The molecule has 17 heavy (non-hydrogen) atoms. The summed E-state index contributed by atoms with van der Waals surface area (Å²) in [5.74, 6) is 0. The molecule has 5 heteroatoms. The third-order valence-corrected chi connectivity index (χ3v) is 3.12. The van der Waals surface area contributed by atoms with Gasteiger partial charge in [-0.3, -0.25) is 0 Å². The third kappa shape index (κ3) is 2.72. The maximum absolute atomic E-state index is 11.7. The summed E-state index contributed by atoms with van der Waals surface area (Å²) in [4.78, 5) is 13.4. The lowest BCUT2D eigenvalue weighted by molar-refractivity contribution is -0.109. The quantitative estimate of drug-likeness (QED) is 0.698. The van der Waals surface area contributed by atoms with Crippen LogP contribution in [0, 0.1) is 0 Å². The fourth-order valence-corrected chi connectivity index (χ4v) is 2.28. The highest BCUT2D eigenvalue weighted by molar-refractivity contribution is 5.69. The summed E-state index contributed by atoms with van der Waals surface area (Å²) < 4.78 is 16.3. The second-order valence-corrected chi connectivity index (χ2v) is 5.89. The van der Waals surface area contributed by atoms with Crippen molar-refractivity contribution in [2.45, 2.75) is 44.5 Å². The van der Waals surface area contributed by atoms with Crippen LogP contribution >= 0.6 is 0 Å². The van der Waals surface area contributed by atoms with Crippen LogP contribution in [0.3, 0.4) is 0 Å². The normalized spacial score (nSPS) is 27.1. The number of likely N-dealkylation sites (tertiary alicyclic amines) is 1. The highest BCUT2D eigenvalue weighted by Crippen LogP contribution is 2.36. The molecule has 2 saturated heterocycles. The highest BCUT2D eigenvalue weighted by Gasteiger charge is 2.52. The van der Waals surface area contributed by atoms with Crippen molar-refractivity contribution in [3.8, 4) is 0 Å². The minimum atomic E-state index is -0.439. The standard InChI is InChI=1S/C12H21NO4/c1-11(2,3)17-10(14)13-7-12(8-13)5-9(15-4)6-16-12/h9H,5-8H2,1-4H3/t9-/m0/s1. The Kier molecular flexibility index (Phi) is 3.08. The van der Waals surface area contributed by atoms with Crippen LogP contribution in [-0.2, 0) is 14.2 Å². The van der Waals surface area contributed by atoms with E-state index in [1.165, 1.54) is 0 Å². The van der Waals surface area contributed by atoms with Gasteiger partial charge in [0.1, 0.15) is 11.2 Å². The molecule has 0 aromatic carbocycles. The van der Waals surface area contributed by atoms with Gasteiger partial charge in [0, 0.05) is 13.5 Å². The van der Waals surface area contributed by atoms with Crippen LogP contribution in [0.4, 0.5) is 4.79 Å². The minimum Gasteiger partial charge on any atom is -0.444 e. The van der Waals surface area contributed by atoms with Gasteiger partial charge in [-0.25, -0.2) is 4.79 Å². The predicted octanol–water partition coefficient (Wildman–Crippen LogP) is 1.41. The van der Waals surface area contributed by atoms with Crippen LogP contribution in [-0.4, -0.2) is 55.1 Å². The fourth-order valence-electron chi connectivity index (χ4n) is 2.28. The van der Waals surface area contributed by atoms with Crippen molar-refractivity contribution < 1.29 is 19.0 Å². The van der Waals surface area contributed by atoms with Gasteiger partial charge in [-0.05, 0) is 20.8 Å². The van der Waals surface area contributed by atoms with Crippen molar-refractivity contribution in [1.29, 1.82) is 0 Å². The average Bonchev–Trinajstić information content (AvgIpc) is 2.56. The number of hydrogen-bond donors (Lipinski definition) is 0. The van der Waals surface area contributed by atoms with Crippen molar-refractivity contribution in [1.82, 2.24) is 4.90 Å². The maximum atomic E-state index is 11.7. The number of hydrogen-bond acceptors (Lipinski definition) is 4. The molecule has 0 aromatic heterocycles. The molecule has 0 bridgehead atoms. The Balaban J connectivity index is 1.81. The molecule has 2 aliphatic rings. The monoisotopic (exact) mass is 243 g/mol. The minimum absolute atomic E-state index is 0.163. The van der Waals surface area contributed by atoms with E-state index >= 15 is 0 Å². The lowest BCUT2D eigenvalue weighted by Crippen LogP contribution is -2.63. The zero-order valence-corrected chi connectivity index (χ0v) is 11.0. The first-order valence-corrected chi connectivity index (χ1v) is 5.98. The molecule has 0 aromatic rings. The molecular formula is C12H21NO4. The molecule has 1 amide bonds. The third-order valence-electron chi connectivity index (χ3n) is 3.12. The SMILES string of the molecule is CO[C@@H]1COC2(C1)CN(C(=O)OC(C)(C)C)C2. The van der Waals surface area contributed by atoms with Gasteiger partial charge in [0.2, 0.25) is 0 Å². The Morgan fingerprint density at radius 1 is 1.41 bits per heavy atom. The van der Waals surface area contributed by atoms with E-state index in [9.17, 15) is 4.79 Å². The van der Waals surface area contributed by atoms with Crippen LogP contribution in [0.2, 0.25) is 0 Å². The van der Waals surface area contributed by atoms with Crippen LogP contribution in [0.25, 0.3) is 0 Å². The molecule has 0 aliphatic carbocycles. The molecule has 0 unspecified atom stereocenters. The van der Waals surface area contributed by atoms with E-state index in [4.69, 9.17) is 14.2 Å². The van der Waals surface area contributed by atoms with Gasteiger partial charge < -0.3 is 19.1 Å². The van der Waals surface area contributed by atoms with Crippen molar-refractivity contribution in [2.24, 2.45) is 0 Å². The van der Waals surface area contributed by atoms with Crippen LogP contribution in [0.5, 0.6) is 0 Å². The van der Waals surface area contributed by atoms with Gasteiger partial charge in [0.05, 0.1) is 25.8 Å². The number of amides is 1. The summed E-state index contributed by atoms with van der Waals surface area (Å²) in [5, 5.41) is 0. The van der Waals surface area contributed by atoms with Gasteiger partial charge >= 0.3 is 6.09 Å². The fraction of sp³-hybridized carbons (Fsp3) is 0.917. The molecule has 1 atom stereocenters. The Hall–Kier alpha value is -0.810. The van der Waals surface area contributed by atoms with Crippen LogP contribution in [0.15, 0.2) is 0 Å². The molecule has 2 heterocycles. The van der Waals surface area contributed by atoms with Gasteiger partial charge in [0.25, 0.3) is 0 Å². The van der Waals surface area contributed by atoms with Gasteiger partial charge in [0.15, 0.2) is 0 Å². The number of carbonyl (C=O) groups excluding carboxylic acids is 1. The molecule has 0 N–H and O–H groups in total. The van der Waals surface area contributed by atoms with E-state index in [2.05, 4.69) is 0 Å². The first-order chi connectivity index (χ1) is 7.84. The first kappa shape index (κ1) is 12.6. The van der Waals surface area contributed by atoms with E-state index in [0.29, 0.717) is 19.7 Å². The van der Waals surface area contributed by atoms with E-state index in [1.807, 2.05) is 20.8 Å². The zero-order valence-electron chi connectivity index (χ0n) is 11.0. The topological polar surface area (TPSA) is 48.0 Å². The number of nitrogens with zero attached hydrogens (tertiary/aromatic N) is 1. The number of carbonyl (C=O) groups is 1. The van der Waals surface area contributed by atoms with E-state index < -0.39 is 5.60 Å². The zero-order chi connectivity index (χ0) is 12.7. The summed E-state index contributed by atoms with van der Waals surface area (Å²) in [6.45, 7) is 7.45. The molecule has 1 spiro atoms. The first-order valence-electron chi connectivity index (χ1n) is 5.98. The smallest absolute Gasteiger partial charge is 0.410 e. The lowest BCUT2D eigenvalue weighted by atomic mass is 9.90. The second-order valence-electron chi connectivity index (χ2n) is 5.89. The Morgan fingerprint density at radius 2 is 2.06 bits per heavy atom. The molecule has 2 aliphatic heterocycles. The molecular weight excluding hydrogens is 222 g/mol. The molecule has 0 radical (unpaired) electrons. The summed E-state index contributed by atoms with van der Waals surface area (Å²) in [7, 11) is 1.69. The maximum Gasteiger partial charge on any atom is 0.410 e. The summed E-state index contributed by atoms with van der Waals surface area (Å²) in [6, 6.07) is 0. The lowest BCUT2D eigenvalue weighted by Gasteiger charge is -2.46. The largest absolute Gasteiger partial charge is 0.444 e. The van der Waals surface area contributed by atoms with Crippen molar-refractivity contribution in [2.75, 3.05) is 26.8 Å². The van der Waals surface area contributed by atoms with Gasteiger partial charge in [-0.15, -0.1) is 0 Å². The Labute approximate surface area is 102 Å². The van der Waals surface area contributed by atoms with Crippen molar-refractivity contribution in [3.05, 3.63) is 0 Å². The Bertz CT molecular complexity index is 304. The van der Waals surface area contributed by atoms with E-state index in [-0.39, 0.29) is 17.8 Å². The summed E-state index contributed by atoms with van der Waals surface area (Å²) >= 11 is 0.